The number of nitrogens with zero attached hydrogens (tertiary/aromatic N) is 1. The summed E-state index contributed by atoms with van der Waals surface area (Å²) in [6, 6.07) is 19.9. The van der Waals surface area contributed by atoms with Crippen molar-refractivity contribution >= 4 is 12.0 Å². The van der Waals surface area contributed by atoms with Crippen molar-refractivity contribution in [1.82, 2.24) is 4.90 Å². The van der Waals surface area contributed by atoms with Crippen LogP contribution in [0.15, 0.2) is 79.0 Å². The lowest BCUT2D eigenvalue weighted by Crippen LogP contribution is -2.25. The van der Waals surface area contributed by atoms with Crippen molar-refractivity contribution in [2.45, 2.75) is 13.5 Å². The highest BCUT2D eigenvalue weighted by atomic mass is 16.2. The highest BCUT2D eigenvalue weighted by molar-refractivity contribution is 5.93. The predicted octanol–water partition coefficient (Wildman–Crippen LogP) is 4.26. The molecule has 106 valence electrons. The third kappa shape index (κ3) is 4.46. The molecule has 0 saturated carbocycles. The molecule has 0 fully saturated rings. The quantitative estimate of drug-likeness (QED) is 0.748. The molecule has 0 unspecified atom stereocenters. The van der Waals surface area contributed by atoms with Crippen LogP contribution in [-0.4, -0.2) is 10.8 Å². The van der Waals surface area contributed by atoms with Crippen LogP contribution in [0.2, 0.25) is 0 Å². The van der Waals surface area contributed by atoms with Crippen molar-refractivity contribution in [3.8, 4) is 0 Å². The van der Waals surface area contributed by atoms with Gasteiger partial charge < -0.3 is 4.90 Å². The van der Waals surface area contributed by atoms with Crippen molar-refractivity contribution in [2.24, 2.45) is 0 Å². The minimum Gasteiger partial charge on any atom is -0.311 e. The Morgan fingerprint density at radius 2 is 1.62 bits per heavy atom. The summed E-state index contributed by atoms with van der Waals surface area (Å²) in [4.78, 5) is 13.9. The van der Waals surface area contributed by atoms with E-state index in [-0.39, 0.29) is 5.91 Å². The van der Waals surface area contributed by atoms with Gasteiger partial charge in [0.15, 0.2) is 0 Å². The summed E-state index contributed by atoms with van der Waals surface area (Å²) in [6.45, 7) is 6.02. The van der Waals surface area contributed by atoms with Gasteiger partial charge in [0, 0.05) is 11.8 Å². The van der Waals surface area contributed by atoms with Gasteiger partial charge in [0.05, 0.1) is 6.54 Å². The highest BCUT2D eigenvalue weighted by Gasteiger charge is 2.11. The lowest BCUT2D eigenvalue weighted by molar-refractivity contribution is -0.125. The van der Waals surface area contributed by atoms with E-state index in [0.717, 1.165) is 11.1 Å². The number of amides is 1. The zero-order valence-electron chi connectivity index (χ0n) is 12.2. The Morgan fingerprint density at radius 1 is 1.05 bits per heavy atom. The molecule has 0 spiro atoms. The van der Waals surface area contributed by atoms with E-state index in [2.05, 4.69) is 6.58 Å². The van der Waals surface area contributed by atoms with Crippen LogP contribution in [0.4, 0.5) is 0 Å². The number of carbonyl (C=O) groups is 1. The molecular formula is C19H19NO. The lowest BCUT2D eigenvalue weighted by Gasteiger charge is -2.18. The van der Waals surface area contributed by atoms with E-state index in [1.165, 1.54) is 0 Å². The summed E-state index contributed by atoms with van der Waals surface area (Å²) in [5.74, 6) is -0.0639. The van der Waals surface area contributed by atoms with Crippen LogP contribution in [0.25, 0.3) is 6.08 Å². The maximum absolute atomic E-state index is 12.2. The fourth-order valence-electron chi connectivity index (χ4n) is 1.96. The average molecular weight is 277 g/mol. The second-order valence-corrected chi connectivity index (χ2v) is 4.93. The van der Waals surface area contributed by atoms with Crippen LogP contribution in [0.1, 0.15) is 18.1 Å². The second kappa shape index (κ2) is 7.25. The SMILES string of the molecule is C=C(C)C(=O)N(C=Cc1ccccc1)Cc1ccccc1. The third-order valence-corrected chi connectivity index (χ3v) is 3.07. The van der Waals surface area contributed by atoms with Crippen molar-refractivity contribution in [2.75, 3.05) is 0 Å². The summed E-state index contributed by atoms with van der Waals surface area (Å²) in [5.41, 5.74) is 2.68. The van der Waals surface area contributed by atoms with Crippen LogP contribution in [0.3, 0.4) is 0 Å². The van der Waals surface area contributed by atoms with Crippen molar-refractivity contribution in [3.63, 3.8) is 0 Å². The fraction of sp³-hybridized carbons (Fsp3) is 0.105. The topological polar surface area (TPSA) is 20.3 Å². The Bertz CT molecular complexity index is 629. The van der Waals surface area contributed by atoms with E-state index in [0.29, 0.717) is 12.1 Å². The molecule has 0 aliphatic heterocycles. The van der Waals surface area contributed by atoms with Gasteiger partial charge in [-0.25, -0.2) is 0 Å². The second-order valence-electron chi connectivity index (χ2n) is 4.93. The first-order chi connectivity index (χ1) is 10.2. The van der Waals surface area contributed by atoms with Crippen LogP contribution in [0, 0.1) is 0 Å². The maximum atomic E-state index is 12.2. The van der Waals surface area contributed by atoms with Crippen LogP contribution in [0.5, 0.6) is 0 Å². The molecule has 2 aromatic rings. The Balaban J connectivity index is 2.18. The highest BCUT2D eigenvalue weighted by Crippen LogP contribution is 2.10. The molecule has 2 rings (SSSR count). The van der Waals surface area contributed by atoms with E-state index in [4.69, 9.17) is 0 Å². The van der Waals surface area contributed by atoms with E-state index >= 15 is 0 Å². The zero-order chi connectivity index (χ0) is 15.1. The van der Waals surface area contributed by atoms with Gasteiger partial charge in [-0.05, 0) is 24.1 Å². The Kier molecular flexibility index (Phi) is 5.10. The maximum Gasteiger partial charge on any atom is 0.253 e. The molecule has 2 nitrogen and oxygen atoms in total. The van der Waals surface area contributed by atoms with Gasteiger partial charge in [-0.3, -0.25) is 4.79 Å². The van der Waals surface area contributed by atoms with E-state index in [1.807, 2.05) is 72.9 Å². The van der Waals surface area contributed by atoms with Gasteiger partial charge >= 0.3 is 0 Å². The molecule has 0 aromatic heterocycles. The van der Waals surface area contributed by atoms with Crippen LogP contribution >= 0.6 is 0 Å². The zero-order valence-corrected chi connectivity index (χ0v) is 12.2. The number of rotatable bonds is 5. The van der Waals surface area contributed by atoms with E-state index in [1.54, 1.807) is 11.8 Å². The molecule has 2 aromatic carbocycles. The Morgan fingerprint density at radius 3 is 2.19 bits per heavy atom. The summed E-state index contributed by atoms with van der Waals surface area (Å²) in [6.07, 6.45) is 3.75. The van der Waals surface area contributed by atoms with E-state index < -0.39 is 0 Å². The monoisotopic (exact) mass is 277 g/mol. The van der Waals surface area contributed by atoms with Gasteiger partial charge in [0.2, 0.25) is 0 Å². The Hall–Kier alpha value is -2.61. The van der Waals surface area contributed by atoms with Gasteiger partial charge in [-0.15, -0.1) is 0 Å². The van der Waals surface area contributed by atoms with Crippen molar-refractivity contribution in [1.29, 1.82) is 0 Å². The molecule has 0 bridgehead atoms. The molecular weight excluding hydrogens is 258 g/mol. The van der Waals surface area contributed by atoms with Gasteiger partial charge in [0.25, 0.3) is 5.91 Å². The first-order valence-electron chi connectivity index (χ1n) is 6.90. The molecule has 21 heavy (non-hydrogen) atoms. The van der Waals surface area contributed by atoms with Gasteiger partial charge in [0.1, 0.15) is 0 Å². The summed E-state index contributed by atoms with van der Waals surface area (Å²) >= 11 is 0. The van der Waals surface area contributed by atoms with Crippen molar-refractivity contribution < 1.29 is 4.79 Å². The molecule has 0 saturated heterocycles. The Labute approximate surface area is 126 Å². The summed E-state index contributed by atoms with van der Waals surface area (Å²) in [5, 5.41) is 0. The molecule has 0 atom stereocenters. The lowest BCUT2D eigenvalue weighted by atomic mass is 10.2. The number of carbonyl (C=O) groups excluding carboxylic acids is 1. The fourth-order valence-corrected chi connectivity index (χ4v) is 1.96. The van der Waals surface area contributed by atoms with Crippen LogP contribution in [-0.2, 0) is 11.3 Å². The number of benzene rings is 2. The number of hydrogen-bond donors (Lipinski definition) is 0. The predicted molar refractivity (Wildman–Crippen MR) is 87.3 cm³/mol. The minimum absolute atomic E-state index is 0.0639. The molecule has 0 N–H and O–H groups in total. The normalized spacial score (nSPS) is 10.5. The van der Waals surface area contributed by atoms with Crippen LogP contribution < -0.4 is 0 Å². The summed E-state index contributed by atoms with van der Waals surface area (Å²) in [7, 11) is 0. The van der Waals surface area contributed by atoms with Gasteiger partial charge in [-0.2, -0.15) is 0 Å². The smallest absolute Gasteiger partial charge is 0.253 e. The average Bonchev–Trinajstić information content (AvgIpc) is 2.52. The first-order valence-corrected chi connectivity index (χ1v) is 6.90. The summed E-state index contributed by atoms with van der Waals surface area (Å²) < 4.78 is 0. The molecule has 2 heteroatoms. The third-order valence-electron chi connectivity index (χ3n) is 3.07. The number of hydrogen-bond acceptors (Lipinski definition) is 1. The van der Waals surface area contributed by atoms with Gasteiger partial charge in [-0.1, -0.05) is 67.2 Å². The molecule has 0 heterocycles. The molecule has 0 aliphatic rings. The standard InChI is InChI=1S/C19H19NO/c1-16(2)19(21)20(15-18-11-7-4-8-12-18)14-13-17-9-5-3-6-10-17/h3-14H,1,15H2,2H3. The van der Waals surface area contributed by atoms with E-state index in [9.17, 15) is 4.79 Å². The molecule has 1 amide bonds. The largest absolute Gasteiger partial charge is 0.311 e. The molecule has 0 aliphatic carbocycles. The molecule has 0 radical (unpaired) electrons. The van der Waals surface area contributed by atoms with Crippen molar-refractivity contribution in [3.05, 3.63) is 90.1 Å². The first kappa shape index (κ1) is 14.8. The minimum atomic E-state index is -0.0639.